The fourth-order valence-electron chi connectivity index (χ4n) is 9.09. The molecule has 3 atom stereocenters. The van der Waals surface area contributed by atoms with Gasteiger partial charge >= 0.3 is 0 Å². The zero-order chi connectivity index (χ0) is 45.8. The maximum Gasteiger partial charge on any atom is 0.249 e. The summed E-state index contributed by atoms with van der Waals surface area (Å²) in [5, 5.41) is 33.3. The van der Waals surface area contributed by atoms with Crippen LogP contribution in [0.3, 0.4) is 0 Å². The number of aliphatic hydroxyl groups is 3. The Morgan fingerprint density at radius 1 is 0.381 bits per heavy atom. The van der Waals surface area contributed by atoms with Crippen molar-refractivity contribution in [3.63, 3.8) is 0 Å². The van der Waals surface area contributed by atoms with Crippen LogP contribution in [0.2, 0.25) is 0 Å². The summed E-state index contributed by atoms with van der Waals surface area (Å²) in [4.78, 5) is 12.5. The average molecular weight is 889 g/mol. The molecule has 0 saturated carbocycles. The van der Waals surface area contributed by atoms with E-state index in [4.69, 9.17) is 0 Å². The Hall–Kier alpha value is -1.17. The molecule has 0 aliphatic rings. The number of allylic oxidation sites excluding steroid dienone is 3. The van der Waals surface area contributed by atoms with Gasteiger partial charge in [-0.2, -0.15) is 0 Å². The Bertz CT molecular complexity index is 936. The van der Waals surface area contributed by atoms with E-state index in [9.17, 15) is 20.1 Å². The monoisotopic (exact) mass is 888 g/mol. The number of amides is 1. The van der Waals surface area contributed by atoms with Gasteiger partial charge in [0.25, 0.3) is 0 Å². The lowest BCUT2D eigenvalue weighted by molar-refractivity contribution is -0.131. The van der Waals surface area contributed by atoms with Crippen molar-refractivity contribution in [3.8, 4) is 0 Å². The Morgan fingerprint density at radius 2 is 0.651 bits per heavy atom. The van der Waals surface area contributed by atoms with Crippen molar-refractivity contribution >= 4 is 5.91 Å². The number of nitrogens with one attached hydrogen (secondary N) is 1. The van der Waals surface area contributed by atoms with Gasteiger partial charge < -0.3 is 20.6 Å². The fraction of sp³-hybridized carbons (Fsp3) is 0.914. The van der Waals surface area contributed by atoms with Crippen LogP contribution < -0.4 is 5.32 Å². The van der Waals surface area contributed by atoms with Crippen molar-refractivity contribution in [1.29, 1.82) is 0 Å². The second-order valence-electron chi connectivity index (χ2n) is 19.9. The number of hydrogen-bond donors (Lipinski definition) is 4. The third kappa shape index (κ3) is 48.6. The van der Waals surface area contributed by atoms with Crippen LogP contribution in [0.1, 0.15) is 316 Å². The number of carbonyl (C=O) groups is 1. The highest BCUT2D eigenvalue weighted by Gasteiger charge is 2.22. The molecule has 0 aromatic rings. The van der Waals surface area contributed by atoms with Crippen molar-refractivity contribution in [2.24, 2.45) is 0 Å². The molecule has 0 spiro atoms. The van der Waals surface area contributed by atoms with Crippen molar-refractivity contribution in [1.82, 2.24) is 5.32 Å². The summed E-state index contributed by atoms with van der Waals surface area (Å²) < 4.78 is 0. The molecule has 0 saturated heterocycles. The average Bonchev–Trinajstić information content (AvgIpc) is 3.29. The number of carbonyl (C=O) groups excluding carboxylic acids is 1. The lowest BCUT2D eigenvalue weighted by Crippen LogP contribution is -2.48. The summed E-state index contributed by atoms with van der Waals surface area (Å²) in [6.07, 6.45) is 68.4. The summed E-state index contributed by atoms with van der Waals surface area (Å²) in [6, 6.07) is -0.812. The Balaban J connectivity index is 3.52. The maximum atomic E-state index is 12.5. The van der Waals surface area contributed by atoms with Crippen molar-refractivity contribution in [3.05, 3.63) is 24.3 Å². The van der Waals surface area contributed by atoms with E-state index in [1.165, 1.54) is 257 Å². The largest absolute Gasteiger partial charge is 0.394 e. The molecule has 0 fully saturated rings. The second-order valence-corrected chi connectivity index (χ2v) is 19.9. The van der Waals surface area contributed by atoms with Gasteiger partial charge in [0.05, 0.1) is 18.8 Å². The van der Waals surface area contributed by atoms with Crippen LogP contribution in [-0.2, 0) is 4.79 Å². The predicted octanol–water partition coefficient (Wildman–Crippen LogP) is 17.7. The highest BCUT2D eigenvalue weighted by Crippen LogP contribution is 2.18. The minimum Gasteiger partial charge on any atom is -0.394 e. The first-order chi connectivity index (χ1) is 31.1. The van der Waals surface area contributed by atoms with E-state index in [0.29, 0.717) is 6.42 Å². The van der Waals surface area contributed by atoms with Gasteiger partial charge in [0.1, 0.15) is 6.10 Å². The molecule has 3 unspecified atom stereocenters. The lowest BCUT2D eigenvalue weighted by Gasteiger charge is -2.21. The quantitative estimate of drug-likeness (QED) is 0.0362. The van der Waals surface area contributed by atoms with E-state index in [1.807, 2.05) is 6.08 Å². The van der Waals surface area contributed by atoms with Crippen LogP contribution in [-0.4, -0.2) is 46.1 Å². The molecular weight excluding hydrogens is 775 g/mol. The van der Waals surface area contributed by atoms with Gasteiger partial charge in [0.15, 0.2) is 0 Å². The Morgan fingerprint density at radius 3 is 0.968 bits per heavy atom. The van der Waals surface area contributed by atoms with Crippen LogP contribution >= 0.6 is 0 Å². The minimum absolute atomic E-state index is 0.372. The molecule has 0 aromatic carbocycles. The van der Waals surface area contributed by atoms with Gasteiger partial charge in [-0.3, -0.25) is 4.79 Å². The van der Waals surface area contributed by atoms with Gasteiger partial charge in [-0.05, 0) is 32.1 Å². The van der Waals surface area contributed by atoms with E-state index < -0.39 is 24.2 Å². The topological polar surface area (TPSA) is 89.8 Å². The molecule has 0 aromatic heterocycles. The minimum atomic E-state index is -1.10. The number of hydrogen-bond acceptors (Lipinski definition) is 4. The molecule has 0 rings (SSSR count). The first-order valence-corrected chi connectivity index (χ1v) is 28.7. The van der Waals surface area contributed by atoms with E-state index in [-0.39, 0.29) is 6.61 Å². The van der Waals surface area contributed by atoms with Gasteiger partial charge in [-0.15, -0.1) is 0 Å². The van der Waals surface area contributed by atoms with E-state index in [0.717, 1.165) is 38.5 Å². The van der Waals surface area contributed by atoms with Gasteiger partial charge in [-0.1, -0.05) is 308 Å². The van der Waals surface area contributed by atoms with Crippen LogP contribution in [0.5, 0.6) is 0 Å². The number of aliphatic hydroxyl groups excluding tert-OH is 3. The highest BCUT2D eigenvalue weighted by molar-refractivity contribution is 5.80. The Kier molecular flexibility index (Phi) is 52.5. The van der Waals surface area contributed by atoms with Crippen LogP contribution in [0, 0.1) is 0 Å². The Labute approximate surface area is 394 Å². The van der Waals surface area contributed by atoms with Gasteiger partial charge in [-0.25, -0.2) is 0 Å². The van der Waals surface area contributed by atoms with E-state index >= 15 is 0 Å². The molecule has 5 heteroatoms. The molecular formula is C58H113NO4. The molecule has 374 valence electrons. The van der Waals surface area contributed by atoms with Crippen LogP contribution in [0.4, 0.5) is 0 Å². The highest BCUT2D eigenvalue weighted by atomic mass is 16.3. The third-order valence-corrected chi connectivity index (χ3v) is 13.5. The first-order valence-electron chi connectivity index (χ1n) is 28.7. The number of unbranched alkanes of at least 4 members (excludes halogenated alkanes) is 43. The summed E-state index contributed by atoms with van der Waals surface area (Å²) in [5.41, 5.74) is 0. The molecule has 63 heavy (non-hydrogen) atoms. The van der Waals surface area contributed by atoms with E-state index in [2.05, 4.69) is 31.3 Å². The van der Waals surface area contributed by atoms with Crippen molar-refractivity contribution in [2.45, 2.75) is 334 Å². The zero-order valence-corrected chi connectivity index (χ0v) is 42.7. The van der Waals surface area contributed by atoms with Crippen LogP contribution in [0.15, 0.2) is 24.3 Å². The van der Waals surface area contributed by atoms with Gasteiger partial charge in [0, 0.05) is 0 Å². The first kappa shape index (κ1) is 61.8. The second kappa shape index (κ2) is 53.4. The molecule has 0 radical (unpaired) electrons. The fourth-order valence-corrected chi connectivity index (χ4v) is 9.09. The molecule has 0 bridgehead atoms. The molecule has 0 heterocycles. The third-order valence-electron chi connectivity index (χ3n) is 13.5. The SMILES string of the molecule is CCCCCCCCCCCCCC/C=C/CC/C=C/C(O)C(CO)NC(=O)C(O)CCCCCCCCCCCCCCCCCCCCCCCCCCCCCCCCC. The molecule has 0 aliphatic carbocycles. The van der Waals surface area contributed by atoms with Crippen LogP contribution in [0.25, 0.3) is 0 Å². The lowest BCUT2D eigenvalue weighted by atomic mass is 10.0. The molecule has 5 nitrogen and oxygen atoms in total. The normalized spacial score (nSPS) is 13.4. The van der Waals surface area contributed by atoms with Crippen molar-refractivity contribution in [2.75, 3.05) is 6.61 Å². The predicted molar refractivity (Wildman–Crippen MR) is 278 cm³/mol. The van der Waals surface area contributed by atoms with Crippen molar-refractivity contribution < 1.29 is 20.1 Å². The zero-order valence-electron chi connectivity index (χ0n) is 42.7. The molecule has 0 aliphatic heterocycles. The summed E-state index contributed by atoms with van der Waals surface area (Å²) in [6.45, 7) is 4.21. The molecule has 1 amide bonds. The summed E-state index contributed by atoms with van der Waals surface area (Å²) >= 11 is 0. The summed E-state index contributed by atoms with van der Waals surface area (Å²) in [7, 11) is 0. The smallest absolute Gasteiger partial charge is 0.249 e. The molecule has 4 N–H and O–H groups in total. The maximum absolute atomic E-state index is 12.5. The van der Waals surface area contributed by atoms with Gasteiger partial charge in [0.2, 0.25) is 5.91 Å². The summed E-state index contributed by atoms with van der Waals surface area (Å²) in [5.74, 6) is -0.507. The van der Waals surface area contributed by atoms with E-state index in [1.54, 1.807) is 6.08 Å². The number of rotatable bonds is 53. The standard InChI is InChI=1S/C58H113NO4/c1-3-5-7-9-11-13-15-17-19-21-23-24-25-26-27-28-29-30-31-32-33-34-35-37-39-41-43-45-47-49-51-53-57(62)58(63)59-55(54-60)56(61)52-50-48-46-44-42-40-38-36-22-20-18-16-14-12-10-8-6-4-2/h42,44,50,52,55-57,60-62H,3-41,43,45-49,51,53-54H2,1-2H3,(H,59,63)/b44-42+,52-50+.